The molecule has 2 heteroatoms. The molecular formula is C7H15NO. The molecule has 0 aromatic rings. The van der Waals surface area contributed by atoms with Crippen LogP contribution in [0.2, 0.25) is 0 Å². The molecule has 9 heavy (non-hydrogen) atoms. The van der Waals surface area contributed by atoms with Crippen molar-refractivity contribution in [1.29, 1.82) is 0 Å². The second-order valence-corrected chi connectivity index (χ2v) is 2.27. The molecule has 0 amide bonds. The lowest BCUT2D eigenvalue weighted by Gasteiger charge is -2.22. The van der Waals surface area contributed by atoms with Gasteiger partial charge in [-0.3, -0.25) is 0 Å². The first-order valence-electron chi connectivity index (χ1n) is 3.22. The van der Waals surface area contributed by atoms with E-state index in [1.807, 2.05) is 6.92 Å². The third-order valence-corrected chi connectivity index (χ3v) is 1.56. The van der Waals surface area contributed by atoms with E-state index in [1.54, 1.807) is 6.08 Å². The zero-order chi connectivity index (χ0) is 7.33. The average Bonchev–Trinajstić information content (AvgIpc) is 1.89. The first-order valence-corrected chi connectivity index (χ1v) is 3.22. The standard InChI is InChI=1S/C7H15NO/c1-3-5-7(9,4-2)6-8/h3,9H,1,4-6,8H2,2H3. The minimum Gasteiger partial charge on any atom is -0.388 e. The molecule has 1 unspecified atom stereocenters. The van der Waals surface area contributed by atoms with Gasteiger partial charge in [0.1, 0.15) is 0 Å². The van der Waals surface area contributed by atoms with Gasteiger partial charge in [0.05, 0.1) is 5.60 Å². The van der Waals surface area contributed by atoms with E-state index in [1.165, 1.54) is 0 Å². The summed E-state index contributed by atoms with van der Waals surface area (Å²) in [5, 5.41) is 9.43. The van der Waals surface area contributed by atoms with E-state index in [0.717, 1.165) is 0 Å². The lowest BCUT2D eigenvalue weighted by molar-refractivity contribution is 0.0484. The number of aliphatic hydroxyl groups is 1. The summed E-state index contributed by atoms with van der Waals surface area (Å²) in [5.41, 5.74) is 4.60. The largest absolute Gasteiger partial charge is 0.388 e. The van der Waals surface area contributed by atoms with Gasteiger partial charge >= 0.3 is 0 Å². The van der Waals surface area contributed by atoms with Gasteiger partial charge in [-0.15, -0.1) is 6.58 Å². The van der Waals surface area contributed by atoms with Crippen LogP contribution in [0.5, 0.6) is 0 Å². The van der Waals surface area contributed by atoms with Crippen LogP contribution in [0, 0.1) is 0 Å². The summed E-state index contributed by atoms with van der Waals surface area (Å²) in [4.78, 5) is 0. The van der Waals surface area contributed by atoms with Crippen molar-refractivity contribution in [2.45, 2.75) is 25.4 Å². The van der Waals surface area contributed by atoms with Gasteiger partial charge in [-0.05, 0) is 12.8 Å². The van der Waals surface area contributed by atoms with E-state index in [-0.39, 0.29) is 0 Å². The van der Waals surface area contributed by atoms with E-state index in [0.29, 0.717) is 19.4 Å². The zero-order valence-electron chi connectivity index (χ0n) is 5.93. The molecule has 1 atom stereocenters. The van der Waals surface area contributed by atoms with Gasteiger partial charge in [-0.1, -0.05) is 13.0 Å². The van der Waals surface area contributed by atoms with Crippen molar-refractivity contribution in [2.75, 3.05) is 6.54 Å². The van der Waals surface area contributed by atoms with Crippen molar-refractivity contribution in [3.63, 3.8) is 0 Å². The fourth-order valence-electron chi connectivity index (χ4n) is 0.641. The molecule has 0 saturated carbocycles. The van der Waals surface area contributed by atoms with Crippen LogP contribution in [0.3, 0.4) is 0 Å². The quantitative estimate of drug-likeness (QED) is 0.548. The van der Waals surface area contributed by atoms with Crippen LogP contribution in [0.15, 0.2) is 12.7 Å². The van der Waals surface area contributed by atoms with Crippen LogP contribution in [0.4, 0.5) is 0 Å². The summed E-state index contributed by atoms with van der Waals surface area (Å²) in [6, 6.07) is 0. The summed E-state index contributed by atoms with van der Waals surface area (Å²) in [6.07, 6.45) is 2.96. The van der Waals surface area contributed by atoms with Crippen LogP contribution in [0.1, 0.15) is 19.8 Å². The number of rotatable bonds is 4. The Labute approximate surface area is 56.4 Å². The molecule has 3 N–H and O–H groups in total. The van der Waals surface area contributed by atoms with Gasteiger partial charge in [0.15, 0.2) is 0 Å². The van der Waals surface area contributed by atoms with Crippen LogP contribution < -0.4 is 5.73 Å². The fraction of sp³-hybridized carbons (Fsp3) is 0.714. The Morgan fingerprint density at radius 3 is 2.44 bits per heavy atom. The van der Waals surface area contributed by atoms with Gasteiger partial charge in [0.2, 0.25) is 0 Å². The van der Waals surface area contributed by atoms with Gasteiger partial charge < -0.3 is 10.8 Å². The van der Waals surface area contributed by atoms with Crippen LogP contribution in [-0.2, 0) is 0 Å². The topological polar surface area (TPSA) is 46.2 Å². The van der Waals surface area contributed by atoms with Crippen molar-refractivity contribution in [3.8, 4) is 0 Å². The molecule has 0 saturated heterocycles. The van der Waals surface area contributed by atoms with Crippen molar-refractivity contribution < 1.29 is 5.11 Å². The third-order valence-electron chi connectivity index (χ3n) is 1.56. The minimum absolute atomic E-state index is 0.315. The lowest BCUT2D eigenvalue weighted by Crippen LogP contribution is -2.36. The highest BCUT2D eigenvalue weighted by Gasteiger charge is 2.19. The number of hydrogen-bond donors (Lipinski definition) is 2. The molecule has 0 rings (SSSR count). The van der Waals surface area contributed by atoms with Crippen molar-refractivity contribution >= 4 is 0 Å². The molecule has 0 fully saturated rings. The van der Waals surface area contributed by atoms with Crippen LogP contribution in [0.25, 0.3) is 0 Å². The maximum Gasteiger partial charge on any atom is 0.0800 e. The van der Waals surface area contributed by atoms with E-state index in [2.05, 4.69) is 6.58 Å². The Hall–Kier alpha value is -0.340. The molecule has 54 valence electrons. The van der Waals surface area contributed by atoms with Gasteiger partial charge in [0.25, 0.3) is 0 Å². The summed E-state index contributed by atoms with van der Waals surface area (Å²) < 4.78 is 0. The predicted octanol–water partition coefficient (Wildman–Crippen LogP) is 0.662. The minimum atomic E-state index is -0.707. The molecule has 0 aromatic carbocycles. The summed E-state index contributed by atoms with van der Waals surface area (Å²) in [5.74, 6) is 0. The highest BCUT2D eigenvalue weighted by molar-refractivity contribution is 4.85. The summed E-state index contributed by atoms with van der Waals surface area (Å²) >= 11 is 0. The molecule has 0 spiro atoms. The fourth-order valence-corrected chi connectivity index (χ4v) is 0.641. The Morgan fingerprint density at radius 2 is 2.33 bits per heavy atom. The second-order valence-electron chi connectivity index (χ2n) is 2.27. The highest BCUT2D eigenvalue weighted by Crippen LogP contribution is 2.12. The average molecular weight is 129 g/mol. The first-order chi connectivity index (χ1) is 4.18. The third kappa shape index (κ3) is 2.63. The Bertz CT molecular complexity index is 86.9. The molecule has 2 nitrogen and oxygen atoms in total. The first kappa shape index (κ1) is 8.66. The Balaban J connectivity index is 3.75. The molecular weight excluding hydrogens is 114 g/mol. The number of nitrogens with two attached hydrogens (primary N) is 1. The van der Waals surface area contributed by atoms with E-state index in [4.69, 9.17) is 5.73 Å². The molecule has 0 aliphatic carbocycles. The second kappa shape index (κ2) is 3.64. The lowest BCUT2D eigenvalue weighted by atomic mass is 9.97. The summed E-state index contributed by atoms with van der Waals surface area (Å²) in [7, 11) is 0. The summed E-state index contributed by atoms with van der Waals surface area (Å²) in [6.45, 7) is 5.75. The SMILES string of the molecule is C=CCC(O)(CC)CN. The van der Waals surface area contributed by atoms with Crippen molar-refractivity contribution in [3.05, 3.63) is 12.7 Å². The molecule has 0 bridgehead atoms. The predicted molar refractivity (Wildman–Crippen MR) is 39.1 cm³/mol. The molecule has 0 aliphatic rings. The van der Waals surface area contributed by atoms with E-state index < -0.39 is 5.60 Å². The molecule has 0 heterocycles. The zero-order valence-corrected chi connectivity index (χ0v) is 5.93. The van der Waals surface area contributed by atoms with Gasteiger partial charge in [-0.2, -0.15) is 0 Å². The normalized spacial score (nSPS) is 16.8. The maximum atomic E-state index is 9.43. The maximum absolute atomic E-state index is 9.43. The molecule has 0 radical (unpaired) electrons. The van der Waals surface area contributed by atoms with Crippen LogP contribution >= 0.6 is 0 Å². The highest BCUT2D eigenvalue weighted by atomic mass is 16.3. The Kier molecular flexibility index (Phi) is 3.50. The van der Waals surface area contributed by atoms with Crippen LogP contribution in [-0.4, -0.2) is 17.3 Å². The van der Waals surface area contributed by atoms with Crippen molar-refractivity contribution in [2.24, 2.45) is 5.73 Å². The van der Waals surface area contributed by atoms with Gasteiger partial charge in [-0.25, -0.2) is 0 Å². The smallest absolute Gasteiger partial charge is 0.0800 e. The molecule has 0 aliphatic heterocycles. The van der Waals surface area contributed by atoms with Crippen molar-refractivity contribution in [1.82, 2.24) is 0 Å². The van der Waals surface area contributed by atoms with E-state index >= 15 is 0 Å². The van der Waals surface area contributed by atoms with E-state index in [9.17, 15) is 5.11 Å². The van der Waals surface area contributed by atoms with Gasteiger partial charge in [0, 0.05) is 6.54 Å². The Morgan fingerprint density at radius 1 is 1.78 bits per heavy atom. The number of hydrogen-bond acceptors (Lipinski definition) is 2. The monoisotopic (exact) mass is 129 g/mol. The molecule has 0 aromatic heterocycles.